The van der Waals surface area contributed by atoms with Crippen LogP contribution < -0.4 is 15.8 Å². The van der Waals surface area contributed by atoms with Crippen molar-refractivity contribution in [1.29, 1.82) is 0 Å². The molecule has 0 atom stereocenters. The summed E-state index contributed by atoms with van der Waals surface area (Å²) in [5, 5.41) is 2.59. The quantitative estimate of drug-likeness (QED) is 0.847. The van der Waals surface area contributed by atoms with Crippen molar-refractivity contribution in [2.75, 3.05) is 11.1 Å². The van der Waals surface area contributed by atoms with Crippen molar-refractivity contribution < 1.29 is 13.9 Å². The lowest BCUT2D eigenvalue weighted by atomic mass is 10.2. The van der Waals surface area contributed by atoms with Crippen LogP contribution in [0.1, 0.15) is 24.2 Å². The zero-order valence-electron chi connectivity index (χ0n) is 11.9. The second kappa shape index (κ2) is 6.26. The Balaban J connectivity index is 2.18. The van der Waals surface area contributed by atoms with E-state index in [0.717, 1.165) is 0 Å². The van der Waals surface area contributed by atoms with Crippen molar-refractivity contribution in [2.45, 2.75) is 20.0 Å². The Kier molecular flexibility index (Phi) is 4.42. The van der Waals surface area contributed by atoms with Crippen LogP contribution in [0.3, 0.4) is 0 Å². The van der Waals surface area contributed by atoms with Gasteiger partial charge in [0.2, 0.25) is 0 Å². The molecule has 0 aliphatic rings. The summed E-state index contributed by atoms with van der Waals surface area (Å²) in [6.45, 7) is 3.81. The van der Waals surface area contributed by atoms with Gasteiger partial charge in [-0.2, -0.15) is 0 Å². The molecule has 0 aromatic heterocycles. The highest BCUT2D eigenvalue weighted by Crippen LogP contribution is 2.21. The highest BCUT2D eigenvalue weighted by atomic mass is 19.1. The van der Waals surface area contributed by atoms with E-state index in [-0.39, 0.29) is 17.7 Å². The summed E-state index contributed by atoms with van der Waals surface area (Å²) in [6.07, 6.45) is 0.0159. The van der Waals surface area contributed by atoms with Crippen LogP contribution in [0.5, 0.6) is 5.75 Å². The summed E-state index contributed by atoms with van der Waals surface area (Å²) in [7, 11) is 0. The molecule has 0 saturated carbocycles. The molecule has 0 spiro atoms. The Morgan fingerprint density at radius 3 is 2.71 bits per heavy atom. The van der Waals surface area contributed by atoms with Gasteiger partial charge in [-0.1, -0.05) is 6.07 Å². The van der Waals surface area contributed by atoms with E-state index in [1.54, 1.807) is 24.3 Å². The number of nitrogen functional groups attached to an aromatic ring is 1. The number of benzene rings is 2. The number of hydrogen-bond donors (Lipinski definition) is 2. The van der Waals surface area contributed by atoms with Gasteiger partial charge in [0.25, 0.3) is 5.91 Å². The summed E-state index contributed by atoms with van der Waals surface area (Å²) < 4.78 is 18.7. The molecule has 21 heavy (non-hydrogen) atoms. The number of rotatable bonds is 4. The van der Waals surface area contributed by atoms with Crippen molar-refractivity contribution in [1.82, 2.24) is 0 Å². The minimum Gasteiger partial charge on any atom is -0.491 e. The first-order chi connectivity index (χ1) is 9.95. The molecule has 110 valence electrons. The number of carbonyl (C=O) groups excluding carboxylic acids is 1. The predicted molar refractivity (Wildman–Crippen MR) is 81.0 cm³/mol. The molecule has 2 aromatic rings. The number of nitrogens with one attached hydrogen (secondary N) is 1. The summed E-state index contributed by atoms with van der Waals surface area (Å²) in [5.41, 5.74) is 6.67. The van der Waals surface area contributed by atoms with Crippen molar-refractivity contribution in [3.05, 3.63) is 53.8 Å². The van der Waals surface area contributed by atoms with Gasteiger partial charge in [0, 0.05) is 5.56 Å². The van der Waals surface area contributed by atoms with E-state index in [4.69, 9.17) is 10.5 Å². The first-order valence-electron chi connectivity index (χ1n) is 6.59. The Bertz CT molecular complexity index is 656. The molecule has 3 N–H and O–H groups in total. The molecular formula is C16H17FN2O2. The monoisotopic (exact) mass is 288 g/mol. The highest BCUT2D eigenvalue weighted by molar-refractivity contribution is 6.05. The van der Waals surface area contributed by atoms with Gasteiger partial charge in [0.1, 0.15) is 11.6 Å². The van der Waals surface area contributed by atoms with Crippen molar-refractivity contribution in [3.63, 3.8) is 0 Å². The molecule has 0 aliphatic heterocycles. The van der Waals surface area contributed by atoms with Gasteiger partial charge in [0.15, 0.2) is 0 Å². The van der Waals surface area contributed by atoms with E-state index in [1.165, 1.54) is 18.2 Å². The molecule has 0 bridgehead atoms. The molecule has 0 radical (unpaired) electrons. The summed E-state index contributed by atoms with van der Waals surface area (Å²) >= 11 is 0. The standard InChI is InChI=1S/C16H17FN2O2/c1-10(2)21-13-5-3-4-11(8-13)16(20)19-15-9-12(17)6-7-14(15)18/h3-10H,18H2,1-2H3,(H,19,20). The van der Waals surface area contributed by atoms with Crippen LogP contribution in [0.25, 0.3) is 0 Å². The maximum Gasteiger partial charge on any atom is 0.255 e. The number of carbonyl (C=O) groups is 1. The van der Waals surface area contributed by atoms with Crippen molar-refractivity contribution >= 4 is 17.3 Å². The van der Waals surface area contributed by atoms with Gasteiger partial charge in [-0.25, -0.2) is 4.39 Å². The lowest BCUT2D eigenvalue weighted by Crippen LogP contribution is -2.14. The number of anilines is 2. The maximum absolute atomic E-state index is 13.2. The molecule has 4 nitrogen and oxygen atoms in total. The van der Waals surface area contributed by atoms with Crippen molar-refractivity contribution in [2.24, 2.45) is 0 Å². The van der Waals surface area contributed by atoms with Crippen LogP contribution >= 0.6 is 0 Å². The molecule has 2 rings (SSSR count). The van der Waals surface area contributed by atoms with Crippen LogP contribution in [0.4, 0.5) is 15.8 Å². The van der Waals surface area contributed by atoms with Gasteiger partial charge in [-0.3, -0.25) is 4.79 Å². The molecule has 2 aromatic carbocycles. The second-order valence-corrected chi connectivity index (χ2v) is 4.88. The zero-order valence-corrected chi connectivity index (χ0v) is 11.9. The Hall–Kier alpha value is -2.56. The molecule has 5 heteroatoms. The third-order valence-corrected chi connectivity index (χ3v) is 2.73. The normalized spacial score (nSPS) is 10.5. The first-order valence-corrected chi connectivity index (χ1v) is 6.59. The van der Waals surface area contributed by atoms with E-state index >= 15 is 0 Å². The van der Waals surface area contributed by atoms with Gasteiger partial charge < -0.3 is 15.8 Å². The molecular weight excluding hydrogens is 271 g/mol. The van der Waals surface area contributed by atoms with E-state index in [0.29, 0.717) is 17.0 Å². The summed E-state index contributed by atoms with van der Waals surface area (Å²) in [4.78, 5) is 12.2. The molecule has 0 saturated heterocycles. The predicted octanol–water partition coefficient (Wildman–Crippen LogP) is 3.45. The topological polar surface area (TPSA) is 64.3 Å². The Morgan fingerprint density at radius 1 is 1.24 bits per heavy atom. The second-order valence-electron chi connectivity index (χ2n) is 4.88. The molecule has 0 fully saturated rings. The molecule has 1 amide bonds. The lowest BCUT2D eigenvalue weighted by molar-refractivity contribution is 0.102. The molecule has 0 heterocycles. The third-order valence-electron chi connectivity index (χ3n) is 2.73. The number of amides is 1. The Morgan fingerprint density at radius 2 is 2.00 bits per heavy atom. The smallest absolute Gasteiger partial charge is 0.255 e. The van der Waals surface area contributed by atoms with Crippen LogP contribution in [0.15, 0.2) is 42.5 Å². The fourth-order valence-electron chi connectivity index (χ4n) is 1.81. The van der Waals surface area contributed by atoms with Crippen LogP contribution in [0, 0.1) is 5.82 Å². The van der Waals surface area contributed by atoms with E-state index in [2.05, 4.69) is 5.32 Å². The molecule has 0 unspecified atom stereocenters. The minimum absolute atomic E-state index is 0.0159. The largest absolute Gasteiger partial charge is 0.491 e. The third kappa shape index (κ3) is 3.95. The summed E-state index contributed by atoms with van der Waals surface area (Å²) in [5.74, 6) is -0.234. The number of nitrogens with two attached hydrogens (primary N) is 1. The number of ether oxygens (including phenoxy) is 1. The average molecular weight is 288 g/mol. The van der Waals surface area contributed by atoms with Crippen molar-refractivity contribution in [3.8, 4) is 5.75 Å². The fourth-order valence-corrected chi connectivity index (χ4v) is 1.81. The average Bonchev–Trinajstić information content (AvgIpc) is 2.42. The fraction of sp³-hybridized carbons (Fsp3) is 0.188. The van der Waals surface area contributed by atoms with E-state index in [9.17, 15) is 9.18 Å². The first kappa shape index (κ1) is 14.8. The SMILES string of the molecule is CC(C)Oc1cccc(C(=O)Nc2cc(F)ccc2N)c1. The van der Waals surface area contributed by atoms with E-state index in [1.807, 2.05) is 13.8 Å². The van der Waals surface area contributed by atoms with Gasteiger partial charge in [0.05, 0.1) is 17.5 Å². The van der Waals surface area contributed by atoms with Gasteiger partial charge in [-0.05, 0) is 50.2 Å². The summed E-state index contributed by atoms with van der Waals surface area (Å²) in [6, 6.07) is 10.6. The Labute approximate surface area is 122 Å². The highest BCUT2D eigenvalue weighted by Gasteiger charge is 2.10. The van der Waals surface area contributed by atoms with Gasteiger partial charge >= 0.3 is 0 Å². The van der Waals surface area contributed by atoms with Crippen LogP contribution in [-0.2, 0) is 0 Å². The maximum atomic E-state index is 13.2. The van der Waals surface area contributed by atoms with Gasteiger partial charge in [-0.15, -0.1) is 0 Å². The number of halogens is 1. The van der Waals surface area contributed by atoms with Crippen LogP contribution in [0.2, 0.25) is 0 Å². The zero-order chi connectivity index (χ0) is 15.4. The van der Waals surface area contributed by atoms with Crippen LogP contribution in [-0.4, -0.2) is 12.0 Å². The number of hydrogen-bond acceptors (Lipinski definition) is 3. The van der Waals surface area contributed by atoms with E-state index < -0.39 is 5.82 Å². The minimum atomic E-state index is -0.462. The lowest BCUT2D eigenvalue weighted by Gasteiger charge is -2.12. The molecule has 0 aliphatic carbocycles.